The lowest BCUT2D eigenvalue weighted by Gasteiger charge is -2.10. The SMILES string of the molecule is FC(F)(F)Oc1cccc(Nc2cc(Cl)ncn2)c1. The Balaban J connectivity index is 2.15. The molecule has 2 rings (SSSR count). The van der Waals surface area contributed by atoms with Gasteiger partial charge in [0.2, 0.25) is 0 Å². The van der Waals surface area contributed by atoms with Crippen molar-refractivity contribution < 1.29 is 17.9 Å². The highest BCUT2D eigenvalue weighted by Gasteiger charge is 2.31. The molecule has 1 aromatic heterocycles. The van der Waals surface area contributed by atoms with Gasteiger partial charge in [-0.15, -0.1) is 13.2 Å². The Morgan fingerprint density at radius 3 is 2.63 bits per heavy atom. The molecule has 0 aliphatic heterocycles. The highest BCUT2D eigenvalue weighted by atomic mass is 35.5. The van der Waals surface area contributed by atoms with Crippen LogP contribution in [-0.2, 0) is 0 Å². The number of hydrogen-bond acceptors (Lipinski definition) is 4. The van der Waals surface area contributed by atoms with Gasteiger partial charge in [-0.2, -0.15) is 0 Å². The Kier molecular flexibility index (Phi) is 3.75. The molecule has 0 amide bonds. The summed E-state index contributed by atoms with van der Waals surface area (Å²) in [5.74, 6) is 0.0433. The fraction of sp³-hybridized carbons (Fsp3) is 0.0909. The van der Waals surface area contributed by atoms with Gasteiger partial charge in [0.1, 0.15) is 23.0 Å². The number of hydrogen-bond donors (Lipinski definition) is 1. The molecular weight excluding hydrogens is 283 g/mol. The van der Waals surface area contributed by atoms with Gasteiger partial charge in [-0.1, -0.05) is 17.7 Å². The molecule has 0 atom stereocenters. The maximum Gasteiger partial charge on any atom is 0.573 e. The van der Waals surface area contributed by atoms with Gasteiger partial charge in [-0.25, -0.2) is 9.97 Å². The molecule has 4 nitrogen and oxygen atoms in total. The van der Waals surface area contributed by atoms with Gasteiger partial charge >= 0.3 is 6.36 Å². The van der Waals surface area contributed by atoms with Crippen LogP contribution in [0.15, 0.2) is 36.7 Å². The average molecular weight is 290 g/mol. The molecular formula is C11H7ClF3N3O. The number of halogens is 4. The minimum atomic E-state index is -4.73. The molecule has 0 saturated carbocycles. The van der Waals surface area contributed by atoms with Gasteiger partial charge in [-0.05, 0) is 12.1 Å². The highest BCUT2D eigenvalue weighted by molar-refractivity contribution is 6.29. The molecule has 0 aliphatic rings. The first-order chi connectivity index (χ1) is 8.92. The Morgan fingerprint density at radius 1 is 1.16 bits per heavy atom. The molecule has 8 heteroatoms. The number of rotatable bonds is 3. The summed E-state index contributed by atoms with van der Waals surface area (Å²) in [5.41, 5.74) is 0.386. The van der Waals surface area contributed by atoms with Crippen molar-refractivity contribution in [2.24, 2.45) is 0 Å². The molecule has 0 radical (unpaired) electrons. The summed E-state index contributed by atoms with van der Waals surface area (Å²) in [4.78, 5) is 7.56. The van der Waals surface area contributed by atoms with E-state index >= 15 is 0 Å². The fourth-order valence-electron chi connectivity index (χ4n) is 1.32. The maximum absolute atomic E-state index is 12.1. The summed E-state index contributed by atoms with van der Waals surface area (Å²) in [6, 6.07) is 6.83. The molecule has 19 heavy (non-hydrogen) atoms. The van der Waals surface area contributed by atoms with E-state index in [1.807, 2.05) is 0 Å². The smallest absolute Gasteiger partial charge is 0.406 e. The molecule has 0 fully saturated rings. The van der Waals surface area contributed by atoms with Crippen LogP contribution in [0.25, 0.3) is 0 Å². The Labute approximate surface area is 111 Å². The van der Waals surface area contributed by atoms with E-state index in [2.05, 4.69) is 20.0 Å². The predicted molar refractivity (Wildman–Crippen MR) is 63.4 cm³/mol. The molecule has 0 spiro atoms. The normalized spacial score (nSPS) is 11.2. The molecule has 0 aliphatic carbocycles. The summed E-state index contributed by atoms with van der Waals surface area (Å²) in [7, 11) is 0. The van der Waals surface area contributed by atoms with Crippen LogP contribution in [0.3, 0.4) is 0 Å². The van der Waals surface area contributed by atoms with E-state index < -0.39 is 6.36 Å². The molecule has 1 N–H and O–H groups in total. The van der Waals surface area contributed by atoms with Crippen LogP contribution in [0.5, 0.6) is 5.75 Å². The van der Waals surface area contributed by atoms with Crippen LogP contribution in [0, 0.1) is 0 Å². The lowest BCUT2D eigenvalue weighted by Crippen LogP contribution is -2.17. The Hall–Kier alpha value is -2.02. The summed E-state index contributed by atoms with van der Waals surface area (Å²) >= 11 is 5.66. The van der Waals surface area contributed by atoms with Crippen molar-refractivity contribution >= 4 is 23.1 Å². The van der Waals surface area contributed by atoms with Crippen molar-refractivity contribution in [3.05, 3.63) is 41.8 Å². The van der Waals surface area contributed by atoms with Crippen molar-refractivity contribution in [1.29, 1.82) is 0 Å². The topological polar surface area (TPSA) is 47.0 Å². The zero-order valence-electron chi connectivity index (χ0n) is 9.28. The standard InChI is InChI=1S/C11H7ClF3N3O/c12-9-5-10(17-6-16-9)18-7-2-1-3-8(4-7)19-11(13,14)15/h1-6H,(H,16,17,18). The molecule has 1 aromatic carbocycles. The second-order valence-corrected chi connectivity index (χ2v) is 3.81. The first-order valence-corrected chi connectivity index (χ1v) is 5.40. The average Bonchev–Trinajstić information content (AvgIpc) is 2.27. The third-order valence-corrected chi connectivity index (χ3v) is 2.18. The Morgan fingerprint density at radius 2 is 1.95 bits per heavy atom. The van der Waals surface area contributed by atoms with E-state index in [4.69, 9.17) is 11.6 Å². The van der Waals surface area contributed by atoms with Crippen LogP contribution in [-0.4, -0.2) is 16.3 Å². The second-order valence-electron chi connectivity index (χ2n) is 3.43. The van der Waals surface area contributed by atoms with Crippen LogP contribution in [0.4, 0.5) is 24.7 Å². The first kappa shape index (κ1) is 13.4. The van der Waals surface area contributed by atoms with E-state index in [0.29, 0.717) is 11.5 Å². The van der Waals surface area contributed by atoms with Crippen molar-refractivity contribution in [2.75, 3.05) is 5.32 Å². The van der Waals surface area contributed by atoms with Crippen LogP contribution < -0.4 is 10.1 Å². The molecule has 2 aromatic rings. The van der Waals surface area contributed by atoms with Gasteiger partial charge < -0.3 is 10.1 Å². The molecule has 0 bridgehead atoms. The van der Waals surface area contributed by atoms with E-state index in [-0.39, 0.29) is 10.9 Å². The minimum absolute atomic E-state index is 0.222. The minimum Gasteiger partial charge on any atom is -0.406 e. The highest BCUT2D eigenvalue weighted by Crippen LogP contribution is 2.26. The number of aromatic nitrogens is 2. The number of benzene rings is 1. The monoisotopic (exact) mass is 289 g/mol. The number of anilines is 2. The molecule has 0 saturated heterocycles. The number of nitrogens with zero attached hydrogens (tertiary/aromatic N) is 2. The van der Waals surface area contributed by atoms with E-state index in [1.165, 1.54) is 30.6 Å². The van der Waals surface area contributed by atoms with Crippen LogP contribution in [0.2, 0.25) is 5.15 Å². The lowest BCUT2D eigenvalue weighted by atomic mass is 10.3. The van der Waals surface area contributed by atoms with Crippen LogP contribution >= 0.6 is 11.6 Å². The molecule has 1 heterocycles. The van der Waals surface area contributed by atoms with Crippen LogP contribution in [0.1, 0.15) is 0 Å². The largest absolute Gasteiger partial charge is 0.573 e. The van der Waals surface area contributed by atoms with Gasteiger partial charge in [-0.3, -0.25) is 0 Å². The first-order valence-electron chi connectivity index (χ1n) is 5.03. The third kappa shape index (κ3) is 4.29. The number of nitrogens with one attached hydrogen (secondary N) is 1. The van der Waals surface area contributed by atoms with Gasteiger partial charge in [0.25, 0.3) is 0 Å². The van der Waals surface area contributed by atoms with Crippen molar-refractivity contribution in [3.8, 4) is 5.75 Å². The van der Waals surface area contributed by atoms with Crippen molar-refractivity contribution in [2.45, 2.75) is 6.36 Å². The zero-order chi connectivity index (χ0) is 13.9. The van der Waals surface area contributed by atoms with Gasteiger partial charge in [0.05, 0.1) is 0 Å². The van der Waals surface area contributed by atoms with Crippen molar-refractivity contribution in [1.82, 2.24) is 9.97 Å². The number of alkyl halides is 3. The lowest BCUT2D eigenvalue weighted by molar-refractivity contribution is -0.274. The Bertz CT molecular complexity index is 577. The molecule has 0 unspecified atom stereocenters. The van der Waals surface area contributed by atoms with Gasteiger partial charge in [0, 0.05) is 17.8 Å². The van der Waals surface area contributed by atoms with E-state index in [1.54, 1.807) is 6.07 Å². The summed E-state index contributed by atoms with van der Waals surface area (Å²) in [5, 5.41) is 3.01. The quantitative estimate of drug-likeness (QED) is 0.874. The predicted octanol–water partition coefficient (Wildman–Crippen LogP) is 3.77. The van der Waals surface area contributed by atoms with Gasteiger partial charge in [0.15, 0.2) is 0 Å². The fourth-order valence-corrected chi connectivity index (χ4v) is 1.47. The van der Waals surface area contributed by atoms with Crippen molar-refractivity contribution in [3.63, 3.8) is 0 Å². The summed E-state index contributed by atoms with van der Waals surface area (Å²) in [6.07, 6.45) is -3.49. The number of ether oxygens (including phenoxy) is 1. The third-order valence-electron chi connectivity index (χ3n) is 1.97. The van der Waals surface area contributed by atoms with E-state index in [0.717, 1.165) is 0 Å². The summed E-state index contributed by atoms with van der Waals surface area (Å²) < 4.78 is 40.0. The second kappa shape index (κ2) is 5.31. The summed E-state index contributed by atoms with van der Waals surface area (Å²) in [6.45, 7) is 0. The maximum atomic E-state index is 12.1. The molecule has 100 valence electrons. The van der Waals surface area contributed by atoms with E-state index in [9.17, 15) is 13.2 Å². The zero-order valence-corrected chi connectivity index (χ0v) is 10.0.